The van der Waals surface area contributed by atoms with E-state index in [1.165, 1.54) is 18.2 Å². The smallest absolute Gasteiger partial charge is 0.280 e. The molecule has 0 saturated carbocycles. The predicted octanol–water partition coefficient (Wildman–Crippen LogP) is -1.32. The number of oxime groups is 1. The molecular formula is C8H18N4O4S. The van der Waals surface area contributed by atoms with Gasteiger partial charge in [0.15, 0.2) is 5.84 Å². The van der Waals surface area contributed by atoms with Crippen LogP contribution >= 0.6 is 0 Å². The molecule has 1 aliphatic heterocycles. The van der Waals surface area contributed by atoms with Crippen molar-refractivity contribution in [3.8, 4) is 0 Å². The molecule has 0 spiro atoms. The minimum Gasteiger partial charge on any atom is -0.409 e. The maximum absolute atomic E-state index is 12.0. The van der Waals surface area contributed by atoms with Gasteiger partial charge in [-0.3, -0.25) is 0 Å². The Morgan fingerprint density at radius 2 is 2.00 bits per heavy atom. The molecule has 1 aliphatic rings. The maximum atomic E-state index is 12.0. The summed E-state index contributed by atoms with van der Waals surface area (Å²) in [6, 6.07) is 0. The van der Waals surface area contributed by atoms with E-state index in [-0.39, 0.29) is 5.84 Å². The summed E-state index contributed by atoms with van der Waals surface area (Å²) in [4.78, 5) is 0. The first-order valence-electron chi connectivity index (χ1n) is 5.14. The van der Waals surface area contributed by atoms with Crippen LogP contribution in [0.4, 0.5) is 0 Å². The predicted molar refractivity (Wildman–Crippen MR) is 61.9 cm³/mol. The van der Waals surface area contributed by atoms with Crippen molar-refractivity contribution in [3.05, 3.63) is 0 Å². The molecule has 1 fully saturated rings. The zero-order valence-corrected chi connectivity index (χ0v) is 10.7. The van der Waals surface area contributed by atoms with Gasteiger partial charge in [0, 0.05) is 13.1 Å². The second-order valence-corrected chi connectivity index (χ2v) is 5.90. The SMILES string of the molecule is CC(C)(NS(=O)(=O)N1CCOCC1)/C(N)=N/O. The summed E-state index contributed by atoms with van der Waals surface area (Å²) in [6.45, 7) is 4.35. The van der Waals surface area contributed by atoms with E-state index in [1.54, 1.807) is 0 Å². The van der Waals surface area contributed by atoms with Crippen molar-refractivity contribution in [1.82, 2.24) is 9.03 Å². The van der Waals surface area contributed by atoms with Crippen LogP contribution in [-0.4, -0.2) is 55.6 Å². The third-order valence-electron chi connectivity index (χ3n) is 2.44. The second-order valence-electron chi connectivity index (χ2n) is 4.23. The van der Waals surface area contributed by atoms with Crippen LogP contribution in [0, 0.1) is 0 Å². The summed E-state index contributed by atoms with van der Waals surface area (Å²) in [7, 11) is -3.66. The number of morpholine rings is 1. The highest BCUT2D eigenvalue weighted by atomic mass is 32.2. The van der Waals surface area contributed by atoms with Gasteiger partial charge in [-0.05, 0) is 13.8 Å². The average molecular weight is 266 g/mol. The molecule has 0 unspecified atom stereocenters. The Labute approximate surface area is 101 Å². The topological polar surface area (TPSA) is 117 Å². The summed E-state index contributed by atoms with van der Waals surface area (Å²) in [6.07, 6.45) is 0. The highest BCUT2D eigenvalue weighted by molar-refractivity contribution is 7.87. The summed E-state index contributed by atoms with van der Waals surface area (Å²) in [5.41, 5.74) is 4.27. The molecule has 0 aromatic rings. The number of ether oxygens (including phenoxy) is 1. The molecule has 9 heteroatoms. The molecule has 0 amide bonds. The minimum atomic E-state index is -3.66. The van der Waals surface area contributed by atoms with E-state index < -0.39 is 15.7 Å². The molecule has 1 heterocycles. The van der Waals surface area contributed by atoms with Gasteiger partial charge in [0.1, 0.15) is 0 Å². The first kappa shape index (κ1) is 14.2. The fourth-order valence-electron chi connectivity index (χ4n) is 1.35. The Morgan fingerprint density at radius 1 is 1.47 bits per heavy atom. The van der Waals surface area contributed by atoms with Crippen LogP contribution in [0.25, 0.3) is 0 Å². The molecule has 1 rings (SSSR count). The van der Waals surface area contributed by atoms with Crippen molar-refractivity contribution >= 4 is 16.0 Å². The van der Waals surface area contributed by atoms with E-state index in [1.807, 2.05) is 0 Å². The van der Waals surface area contributed by atoms with E-state index in [0.717, 1.165) is 0 Å². The monoisotopic (exact) mass is 266 g/mol. The van der Waals surface area contributed by atoms with Crippen LogP contribution in [0.5, 0.6) is 0 Å². The van der Waals surface area contributed by atoms with Gasteiger partial charge >= 0.3 is 0 Å². The van der Waals surface area contributed by atoms with Crippen LogP contribution < -0.4 is 10.5 Å². The Morgan fingerprint density at radius 3 is 2.47 bits per heavy atom. The van der Waals surface area contributed by atoms with Crippen molar-refractivity contribution in [2.45, 2.75) is 19.4 Å². The Bertz CT molecular complexity index is 386. The minimum absolute atomic E-state index is 0.200. The van der Waals surface area contributed by atoms with Gasteiger partial charge in [0.05, 0.1) is 18.8 Å². The lowest BCUT2D eigenvalue weighted by Crippen LogP contribution is -2.58. The number of rotatable bonds is 4. The molecule has 100 valence electrons. The number of nitrogens with zero attached hydrogens (tertiary/aromatic N) is 2. The summed E-state index contributed by atoms with van der Waals surface area (Å²) >= 11 is 0. The van der Waals surface area contributed by atoms with E-state index in [4.69, 9.17) is 15.7 Å². The normalized spacial score (nSPS) is 20.5. The van der Waals surface area contributed by atoms with Gasteiger partial charge in [0.2, 0.25) is 0 Å². The highest BCUT2D eigenvalue weighted by Crippen LogP contribution is 2.09. The van der Waals surface area contributed by atoms with Gasteiger partial charge in [-0.25, -0.2) is 0 Å². The lowest BCUT2D eigenvalue weighted by atomic mass is 10.1. The quantitative estimate of drug-likeness (QED) is 0.252. The van der Waals surface area contributed by atoms with Gasteiger partial charge in [-0.1, -0.05) is 5.16 Å². The van der Waals surface area contributed by atoms with Crippen LogP contribution in [0.3, 0.4) is 0 Å². The van der Waals surface area contributed by atoms with Crippen LogP contribution in [-0.2, 0) is 14.9 Å². The molecule has 0 aromatic carbocycles. The van der Waals surface area contributed by atoms with Crippen molar-refractivity contribution in [2.75, 3.05) is 26.3 Å². The van der Waals surface area contributed by atoms with E-state index in [0.29, 0.717) is 26.3 Å². The fourth-order valence-corrected chi connectivity index (χ4v) is 2.86. The molecule has 8 nitrogen and oxygen atoms in total. The van der Waals surface area contributed by atoms with E-state index in [2.05, 4.69) is 9.88 Å². The molecule has 0 bridgehead atoms. The van der Waals surface area contributed by atoms with Crippen LogP contribution in [0.2, 0.25) is 0 Å². The summed E-state index contributed by atoms with van der Waals surface area (Å²) in [5, 5.41) is 11.4. The zero-order valence-electron chi connectivity index (χ0n) is 9.88. The second kappa shape index (κ2) is 5.17. The third-order valence-corrected chi connectivity index (χ3v) is 4.26. The fraction of sp³-hybridized carbons (Fsp3) is 0.875. The number of hydrogen-bond donors (Lipinski definition) is 3. The van der Waals surface area contributed by atoms with Crippen molar-refractivity contribution in [1.29, 1.82) is 0 Å². The van der Waals surface area contributed by atoms with Crippen LogP contribution in [0.15, 0.2) is 5.16 Å². The van der Waals surface area contributed by atoms with E-state index in [9.17, 15) is 8.42 Å². The standard InChI is InChI=1S/C8H18N4O4S/c1-8(2,7(9)10-13)11-17(14,15)12-3-5-16-6-4-12/h11,13H,3-6H2,1-2H3,(H2,9,10). The first-order valence-corrected chi connectivity index (χ1v) is 6.58. The molecule has 0 atom stereocenters. The first-order chi connectivity index (χ1) is 7.79. The van der Waals surface area contributed by atoms with Crippen molar-refractivity contribution in [2.24, 2.45) is 10.9 Å². The van der Waals surface area contributed by atoms with Crippen molar-refractivity contribution < 1.29 is 18.4 Å². The lowest BCUT2D eigenvalue weighted by molar-refractivity contribution is 0.0722. The molecular weight excluding hydrogens is 248 g/mol. The highest BCUT2D eigenvalue weighted by Gasteiger charge is 2.33. The number of nitrogens with two attached hydrogens (primary N) is 1. The zero-order chi connectivity index (χ0) is 13.1. The molecule has 17 heavy (non-hydrogen) atoms. The van der Waals surface area contributed by atoms with Gasteiger partial charge < -0.3 is 15.7 Å². The van der Waals surface area contributed by atoms with Gasteiger partial charge in [-0.2, -0.15) is 17.4 Å². The van der Waals surface area contributed by atoms with Gasteiger partial charge in [0.25, 0.3) is 10.2 Å². The molecule has 0 aromatic heterocycles. The average Bonchev–Trinajstić information content (AvgIpc) is 2.27. The summed E-state index contributed by atoms with van der Waals surface area (Å²) in [5.74, 6) is -0.200. The Balaban J connectivity index is 2.78. The largest absolute Gasteiger partial charge is 0.409 e. The Hall–Kier alpha value is -0.900. The summed E-state index contributed by atoms with van der Waals surface area (Å²) < 4.78 is 32.7. The number of hydrogen-bond acceptors (Lipinski definition) is 5. The maximum Gasteiger partial charge on any atom is 0.280 e. The Kier molecular flexibility index (Phi) is 4.31. The number of amidine groups is 1. The molecule has 4 N–H and O–H groups in total. The van der Waals surface area contributed by atoms with Crippen molar-refractivity contribution in [3.63, 3.8) is 0 Å². The third kappa shape index (κ3) is 3.53. The molecule has 0 aliphatic carbocycles. The van der Waals surface area contributed by atoms with Crippen LogP contribution in [0.1, 0.15) is 13.8 Å². The van der Waals surface area contributed by atoms with Gasteiger partial charge in [-0.15, -0.1) is 0 Å². The molecule has 0 radical (unpaired) electrons. The molecule has 1 saturated heterocycles. The number of nitrogens with one attached hydrogen (secondary N) is 1. The lowest BCUT2D eigenvalue weighted by Gasteiger charge is -2.31. The van der Waals surface area contributed by atoms with E-state index >= 15 is 0 Å².